The van der Waals surface area contributed by atoms with E-state index in [4.69, 9.17) is 10.2 Å². The van der Waals surface area contributed by atoms with Crippen molar-refractivity contribution in [2.24, 2.45) is 0 Å². The molecule has 0 aromatic heterocycles. The second kappa shape index (κ2) is 5.84. The molecule has 0 fully saturated rings. The molecule has 0 saturated heterocycles. The van der Waals surface area contributed by atoms with Gasteiger partial charge in [0, 0.05) is 6.07 Å². The fraction of sp³-hybridized carbons (Fsp3) is 0.0769. The zero-order valence-corrected chi connectivity index (χ0v) is 9.19. The van der Waals surface area contributed by atoms with Gasteiger partial charge in [0.25, 0.3) is 0 Å². The number of halogens is 2. The average Bonchev–Trinajstić information content (AvgIpc) is 2.29. The lowest BCUT2D eigenvalue weighted by Gasteiger charge is -1.91. The van der Waals surface area contributed by atoms with Gasteiger partial charge in [0.15, 0.2) is 11.6 Å². The van der Waals surface area contributed by atoms with E-state index in [1.165, 1.54) is 5.56 Å². The minimum absolute atomic E-state index is 0.329. The highest BCUT2D eigenvalue weighted by atomic mass is 19.1. The van der Waals surface area contributed by atoms with E-state index in [1.54, 1.807) is 12.1 Å². The summed E-state index contributed by atoms with van der Waals surface area (Å²) in [7, 11) is 0. The summed E-state index contributed by atoms with van der Waals surface area (Å²) in [5, 5.41) is 17.3. The molecule has 0 radical (unpaired) electrons. The van der Waals surface area contributed by atoms with Crippen molar-refractivity contribution < 1.29 is 19.0 Å². The Balaban J connectivity index is 0.000000171. The highest BCUT2D eigenvalue weighted by molar-refractivity contribution is 5.24. The lowest BCUT2D eigenvalue weighted by atomic mass is 10.2. The third-order valence-electron chi connectivity index (χ3n) is 1.94. The van der Waals surface area contributed by atoms with Crippen LogP contribution in [0.2, 0.25) is 0 Å². The van der Waals surface area contributed by atoms with Crippen molar-refractivity contribution in [2.45, 2.75) is 6.92 Å². The predicted octanol–water partition coefficient (Wildman–Crippen LogP) is 3.37. The van der Waals surface area contributed by atoms with E-state index >= 15 is 0 Å². The summed E-state index contributed by atoms with van der Waals surface area (Å²) in [6, 6.07) is 9.66. The normalized spacial score (nSPS) is 9.35. The van der Waals surface area contributed by atoms with Crippen molar-refractivity contribution in [1.29, 1.82) is 0 Å². The maximum Gasteiger partial charge on any atom is 0.167 e. The van der Waals surface area contributed by atoms with E-state index in [0.29, 0.717) is 11.8 Å². The van der Waals surface area contributed by atoms with Crippen molar-refractivity contribution in [2.75, 3.05) is 0 Å². The van der Waals surface area contributed by atoms with Crippen LogP contribution >= 0.6 is 0 Å². The quantitative estimate of drug-likeness (QED) is 0.738. The summed E-state index contributed by atoms with van der Waals surface area (Å²) >= 11 is 0. The molecule has 2 N–H and O–H groups in total. The lowest BCUT2D eigenvalue weighted by Crippen LogP contribution is -1.77. The summed E-state index contributed by atoms with van der Waals surface area (Å²) in [5.41, 5.74) is 1.17. The van der Waals surface area contributed by atoms with Gasteiger partial charge >= 0.3 is 0 Å². The van der Waals surface area contributed by atoms with Crippen LogP contribution in [0, 0.1) is 18.6 Å². The van der Waals surface area contributed by atoms with E-state index in [0.717, 1.165) is 12.1 Å². The van der Waals surface area contributed by atoms with Gasteiger partial charge < -0.3 is 10.2 Å². The molecule has 2 aromatic rings. The van der Waals surface area contributed by atoms with Gasteiger partial charge in [-0.3, -0.25) is 0 Å². The van der Waals surface area contributed by atoms with Crippen LogP contribution in [0.5, 0.6) is 11.5 Å². The van der Waals surface area contributed by atoms with E-state index in [2.05, 4.69) is 0 Å². The molecule has 0 spiro atoms. The highest BCUT2D eigenvalue weighted by Gasteiger charge is 1.98. The second-order valence-electron chi connectivity index (χ2n) is 3.43. The average molecular weight is 238 g/mol. The SMILES string of the molecule is Cc1ccc(O)cc1.Oc1ccc(F)cc1F. The van der Waals surface area contributed by atoms with Crippen molar-refractivity contribution >= 4 is 0 Å². The predicted molar refractivity (Wildman–Crippen MR) is 60.9 cm³/mol. The molecule has 0 aliphatic carbocycles. The Morgan fingerprint density at radius 2 is 1.47 bits per heavy atom. The van der Waals surface area contributed by atoms with Crippen LogP contribution in [-0.4, -0.2) is 10.2 Å². The topological polar surface area (TPSA) is 40.5 Å². The van der Waals surface area contributed by atoms with E-state index < -0.39 is 17.4 Å². The van der Waals surface area contributed by atoms with Gasteiger partial charge in [0.2, 0.25) is 0 Å². The zero-order chi connectivity index (χ0) is 12.8. The van der Waals surface area contributed by atoms with Crippen LogP contribution in [0.1, 0.15) is 5.56 Å². The van der Waals surface area contributed by atoms with E-state index in [9.17, 15) is 8.78 Å². The number of aryl methyl sites for hydroxylation is 1. The Morgan fingerprint density at radius 3 is 1.88 bits per heavy atom. The van der Waals surface area contributed by atoms with Crippen LogP contribution in [0.4, 0.5) is 8.78 Å². The molecule has 0 heterocycles. The fourth-order valence-electron chi connectivity index (χ4n) is 1.03. The maximum absolute atomic E-state index is 12.1. The molecule has 0 aliphatic rings. The maximum atomic E-state index is 12.1. The van der Waals surface area contributed by atoms with Crippen LogP contribution in [0.15, 0.2) is 42.5 Å². The number of hydrogen-bond donors (Lipinski definition) is 2. The Labute approximate surface area is 97.8 Å². The summed E-state index contributed by atoms with van der Waals surface area (Å²) in [6.45, 7) is 1.99. The van der Waals surface area contributed by atoms with Gasteiger partial charge in [0.05, 0.1) is 0 Å². The standard InChI is InChI=1S/C7H8O.C6H4F2O/c1-6-2-4-7(8)5-3-6;7-4-1-2-6(9)5(8)3-4/h2-5,8H,1H3;1-3,9H. The Bertz CT molecular complexity index is 460. The number of rotatable bonds is 0. The van der Waals surface area contributed by atoms with Crippen molar-refractivity contribution in [3.63, 3.8) is 0 Å². The van der Waals surface area contributed by atoms with Crippen LogP contribution in [-0.2, 0) is 0 Å². The first-order valence-electron chi connectivity index (χ1n) is 4.88. The van der Waals surface area contributed by atoms with Crippen LogP contribution < -0.4 is 0 Å². The second-order valence-corrected chi connectivity index (χ2v) is 3.43. The molecular formula is C13H12F2O2. The molecule has 2 rings (SSSR count). The smallest absolute Gasteiger partial charge is 0.167 e. The van der Waals surface area contributed by atoms with Gasteiger partial charge in [-0.15, -0.1) is 0 Å². The minimum Gasteiger partial charge on any atom is -0.508 e. The molecule has 90 valence electrons. The summed E-state index contributed by atoms with van der Waals surface area (Å²) in [4.78, 5) is 0. The Morgan fingerprint density at radius 1 is 0.882 bits per heavy atom. The third kappa shape index (κ3) is 4.51. The third-order valence-corrected chi connectivity index (χ3v) is 1.94. The molecular weight excluding hydrogens is 226 g/mol. The molecule has 0 unspecified atom stereocenters. The zero-order valence-electron chi connectivity index (χ0n) is 9.19. The van der Waals surface area contributed by atoms with Gasteiger partial charge in [-0.1, -0.05) is 17.7 Å². The molecule has 2 nitrogen and oxygen atoms in total. The monoisotopic (exact) mass is 238 g/mol. The first-order chi connectivity index (χ1) is 7.99. The van der Waals surface area contributed by atoms with Crippen molar-refractivity contribution in [3.8, 4) is 11.5 Å². The number of aromatic hydroxyl groups is 2. The number of phenols is 2. The molecule has 4 heteroatoms. The van der Waals surface area contributed by atoms with E-state index in [1.807, 2.05) is 19.1 Å². The molecule has 0 aliphatic heterocycles. The first kappa shape index (κ1) is 13.0. The number of hydrogen-bond acceptors (Lipinski definition) is 2. The molecule has 0 saturated carbocycles. The molecule has 2 aromatic carbocycles. The van der Waals surface area contributed by atoms with Crippen molar-refractivity contribution in [1.82, 2.24) is 0 Å². The minimum atomic E-state index is -0.935. The molecule has 0 bridgehead atoms. The highest BCUT2D eigenvalue weighted by Crippen LogP contribution is 2.14. The van der Waals surface area contributed by atoms with Gasteiger partial charge in [-0.2, -0.15) is 0 Å². The first-order valence-corrected chi connectivity index (χ1v) is 4.88. The summed E-state index contributed by atoms with van der Waals surface area (Å²) < 4.78 is 24.1. The largest absolute Gasteiger partial charge is 0.508 e. The van der Waals surface area contributed by atoms with Gasteiger partial charge in [-0.05, 0) is 31.2 Å². The number of phenolic OH excluding ortho intramolecular Hbond substituents is 2. The lowest BCUT2D eigenvalue weighted by molar-refractivity contribution is 0.428. The Hall–Kier alpha value is -2.10. The van der Waals surface area contributed by atoms with E-state index in [-0.39, 0.29) is 0 Å². The Kier molecular flexibility index (Phi) is 4.46. The van der Waals surface area contributed by atoms with Crippen LogP contribution in [0.3, 0.4) is 0 Å². The number of benzene rings is 2. The fourth-order valence-corrected chi connectivity index (χ4v) is 1.03. The molecule has 0 amide bonds. The molecule has 17 heavy (non-hydrogen) atoms. The van der Waals surface area contributed by atoms with Gasteiger partial charge in [0.1, 0.15) is 11.6 Å². The van der Waals surface area contributed by atoms with Crippen LogP contribution in [0.25, 0.3) is 0 Å². The molecule has 0 atom stereocenters. The summed E-state index contributed by atoms with van der Waals surface area (Å²) in [6.07, 6.45) is 0. The summed E-state index contributed by atoms with van der Waals surface area (Å²) in [5.74, 6) is -1.83. The van der Waals surface area contributed by atoms with Gasteiger partial charge in [-0.25, -0.2) is 8.78 Å². The van der Waals surface area contributed by atoms with Crippen molar-refractivity contribution in [3.05, 3.63) is 59.7 Å².